The van der Waals surface area contributed by atoms with Crippen molar-refractivity contribution in [3.05, 3.63) is 16.4 Å². The second-order valence-electron chi connectivity index (χ2n) is 4.15. The third kappa shape index (κ3) is 2.79. The molecule has 0 aliphatic carbocycles. The van der Waals surface area contributed by atoms with E-state index >= 15 is 0 Å². The highest BCUT2D eigenvalue weighted by Crippen LogP contribution is 2.28. The normalized spacial score (nSPS) is 10.9. The van der Waals surface area contributed by atoms with E-state index in [1.165, 1.54) is 6.33 Å². The van der Waals surface area contributed by atoms with Crippen molar-refractivity contribution in [1.29, 1.82) is 0 Å². The molecule has 0 unspecified atom stereocenters. The summed E-state index contributed by atoms with van der Waals surface area (Å²) in [6, 6.07) is 0.159. The second kappa shape index (κ2) is 6.34. The molecule has 0 spiro atoms. The number of rotatable bonds is 7. The minimum atomic E-state index is -0.484. The van der Waals surface area contributed by atoms with E-state index in [-0.39, 0.29) is 18.5 Å². The molecule has 1 aromatic heterocycles. The van der Waals surface area contributed by atoms with E-state index < -0.39 is 4.92 Å². The van der Waals surface area contributed by atoms with Crippen LogP contribution in [0.2, 0.25) is 0 Å². The first kappa shape index (κ1) is 14.4. The lowest BCUT2D eigenvalue weighted by Crippen LogP contribution is -2.38. The highest BCUT2D eigenvalue weighted by molar-refractivity contribution is 5.55. The van der Waals surface area contributed by atoms with Crippen LogP contribution in [0.5, 0.6) is 0 Å². The zero-order valence-electron chi connectivity index (χ0n) is 11.0. The van der Waals surface area contributed by atoms with Gasteiger partial charge in [0.1, 0.15) is 0 Å². The summed E-state index contributed by atoms with van der Waals surface area (Å²) in [5.74, 6) is 0.306. The monoisotopic (exact) mass is 256 g/mol. The van der Waals surface area contributed by atoms with E-state index in [2.05, 4.69) is 4.98 Å². The highest BCUT2D eigenvalue weighted by Gasteiger charge is 2.28. The number of imidazole rings is 1. The van der Waals surface area contributed by atoms with Crippen LogP contribution in [0.3, 0.4) is 0 Å². The first-order valence-electron chi connectivity index (χ1n) is 6.09. The van der Waals surface area contributed by atoms with Crippen LogP contribution in [-0.4, -0.2) is 38.8 Å². The van der Waals surface area contributed by atoms with E-state index in [1.54, 1.807) is 11.6 Å². The number of aliphatic hydroxyl groups is 1. The molecule has 1 heterocycles. The van der Waals surface area contributed by atoms with Crippen LogP contribution in [-0.2, 0) is 7.05 Å². The van der Waals surface area contributed by atoms with Crippen LogP contribution in [0, 0.1) is 10.1 Å². The molecule has 0 amide bonds. The van der Waals surface area contributed by atoms with Crippen molar-refractivity contribution in [2.45, 2.75) is 32.7 Å². The van der Waals surface area contributed by atoms with E-state index in [0.717, 1.165) is 12.8 Å². The van der Waals surface area contributed by atoms with E-state index in [0.29, 0.717) is 12.4 Å². The summed E-state index contributed by atoms with van der Waals surface area (Å²) in [7, 11) is 1.72. The quantitative estimate of drug-likeness (QED) is 0.587. The predicted molar refractivity (Wildman–Crippen MR) is 68.7 cm³/mol. The lowest BCUT2D eigenvalue weighted by molar-refractivity contribution is -0.388. The molecule has 0 aliphatic rings. The number of aryl methyl sites for hydroxylation is 1. The fourth-order valence-corrected chi connectivity index (χ4v) is 2.17. The van der Waals surface area contributed by atoms with Crippen molar-refractivity contribution < 1.29 is 10.0 Å². The zero-order chi connectivity index (χ0) is 13.7. The van der Waals surface area contributed by atoms with Crippen LogP contribution < -0.4 is 4.90 Å². The summed E-state index contributed by atoms with van der Waals surface area (Å²) in [4.78, 5) is 16.2. The van der Waals surface area contributed by atoms with Crippen molar-refractivity contribution in [2.24, 2.45) is 7.05 Å². The van der Waals surface area contributed by atoms with Gasteiger partial charge in [-0.2, -0.15) is 0 Å². The molecular weight excluding hydrogens is 236 g/mol. The smallest absolute Gasteiger partial charge is 0.395 e. The van der Waals surface area contributed by atoms with Crippen LogP contribution in [0.25, 0.3) is 0 Å². The maximum absolute atomic E-state index is 11.0. The van der Waals surface area contributed by atoms with Gasteiger partial charge in [0.15, 0.2) is 0 Å². The summed E-state index contributed by atoms with van der Waals surface area (Å²) in [6.45, 7) is 4.38. The van der Waals surface area contributed by atoms with E-state index in [4.69, 9.17) is 5.11 Å². The van der Waals surface area contributed by atoms with Crippen molar-refractivity contribution in [1.82, 2.24) is 9.55 Å². The number of nitrogens with zero attached hydrogens (tertiary/aromatic N) is 4. The molecule has 0 saturated carbocycles. The Morgan fingerprint density at radius 2 is 2.17 bits per heavy atom. The minimum absolute atomic E-state index is 0.0428. The van der Waals surface area contributed by atoms with Crippen LogP contribution in [0.1, 0.15) is 26.7 Å². The largest absolute Gasteiger partial charge is 0.406 e. The maximum Gasteiger partial charge on any atom is 0.406 e. The van der Waals surface area contributed by atoms with Crippen molar-refractivity contribution in [3.63, 3.8) is 0 Å². The Bertz CT molecular complexity index is 401. The second-order valence-corrected chi connectivity index (χ2v) is 4.15. The lowest BCUT2D eigenvalue weighted by Gasteiger charge is -2.30. The van der Waals surface area contributed by atoms with Gasteiger partial charge in [0.25, 0.3) is 0 Å². The van der Waals surface area contributed by atoms with Crippen LogP contribution >= 0.6 is 0 Å². The first-order chi connectivity index (χ1) is 8.56. The minimum Gasteiger partial charge on any atom is -0.395 e. The Kier molecular flexibility index (Phi) is 5.08. The number of anilines is 1. The van der Waals surface area contributed by atoms with Crippen molar-refractivity contribution >= 4 is 11.6 Å². The van der Waals surface area contributed by atoms with Crippen LogP contribution in [0.15, 0.2) is 6.33 Å². The average molecular weight is 256 g/mol. The van der Waals surface area contributed by atoms with Gasteiger partial charge < -0.3 is 20.1 Å². The molecule has 0 saturated heterocycles. The van der Waals surface area contributed by atoms with Crippen LogP contribution in [0.4, 0.5) is 11.6 Å². The van der Waals surface area contributed by atoms with Gasteiger partial charge >= 0.3 is 5.82 Å². The molecule has 7 nitrogen and oxygen atoms in total. The molecule has 1 aromatic rings. The Labute approximate surface area is 106 Å². The number of hydrogen-bond acceptors (Lipinski definition) is 5. The molecule has 0 fully saturated rings. The summed E-state index contributed by atoms with van der Waals surface area (Å²) >= 11 is 0. The van der Waals surface area contributed by atoms with Gasteiger partial charge in [0, 0.05) is 19.6 Å². The Morgan fingerprint density at radius 1 is 1.56 bits per heavy atom. The number of nitro groups is 1. The maximum atomic E-state index is 11.0. The molecule has 1 rings (SSSR count). The van der Waals surface area contributed by atoms with Crippen molar-refractivity contribution in [2.75, 3.05) is 18.1 Å². The number of aliphatic hydroxyl groups excluding tert-OH is 1. The average Bonchev–Trinajstić information content (AvgIpc) is 2.71. The first-order valence-corrected chi connectivity index (χ1v) is 6.09. The lowest BCUT2D eigenvalue weighted by atomic mass is 10.1. The Balaban J connectivity index is 3.19. The Hall–Kier alpha value is -1.63. The molecule has 18 heavy (non-hydrogen) atoms. The summed E-state index contributed by atoms with van der Waals surface area (Å²) in [5, 5.41) is 20.1. The molecule has 102 valence electrons. The third-order valence-corrected chi connectivity index (χ3v) is 3.06. The van der Waals surface area contributed by atoms with E-state index in [1.807, 2.05) is 18.7 Å². The summed E-state index contributed by atoms with van der Waals surface area (Å²) in [5.41, 5.74) is 0. The molecule has 0 bridgehead atoms. The molecule has 0 radical (unpaired) electrons. The SMILES string of the molecule is CCC(CC)N(CCO)c1c([N+](=O)[O-])ncn1C. The standard InChI is InChI=1S/C11H20N4O3/c1-4-9(5-2)14(6-7-16)11-10(15(17)18)12-8-13(11)3/h8-9,16H,4-7H2,1-3H3. The number of aromatic nitrogens is 2. The van der Waals surface area contributed by atoms with Gasteiger partial charge in [0.2, 0.25) is 12.1 Å². The Morgan fingerprint density at radius 3 is 2.61 bits per heavy atom. The molecule has 7 heteroatoms. The van der Waals surface area contributed by atoms with Gasteiger partial charge in [-0.3, -0.25) is 4.57 Å². The van der Waals surface area contributed by atoms with Gasteiger partial charge in [-0.15, -0.1) is 0 Å². The number of hydrogen-bond donors (Lipinski definition) is 1. The zero-order valence-corrected chi connectivity index (χ0v) is 11.0. The third-order valence-electron chi connectivity index (χ3n) is 3.06. The topological polar surface area (TPSA) is 84.4 Å². The van der Waals surface area contributed by atoms with E-state index in [9.17, 15) is 10.1 Å². The molecule has 0 aromatic carbocycles. The molecule has 0 aliphatic heterocycles. The van der Waals surface area contributed by atoms with Gasteiger partial charge in [-0.1, -0.05) is 13.8 Å². The fourth-order valence-electron chi connectivity index (χ4n) is 2.17. The molecular formula is C11H20N4O3. The van der Waals surface area contributed by atoms with Gasteiger partial charge in [-0.05, 0) is 22.7 Å². The highest BCUT2D eigenvalue weighted by atomic mass is 16.6. The molecule has 1 N–H and O–H groups in total. The predicted octanol–water partition coefficient (Wildman–Crippen LogP) is 1.32. The summed E-state index contributed by atoms with van der Waals surface area (Å²) in [6.07, 6.45) is 3.15. The summed E-state index contributed by atoms with van der Waals surface area (Å²) < 4.78 is 1.63. The fraction of sp³-hybridized carbons (Fsp3) is 0.727. The molecule has 0 atom stereocenters. The van der Waals surface area contributed by atoms with Crippen molar-refractivity contribution in [3.8, 4) is 0 Å². The van der Waals surface area contributed by atoms with Gasteiger partial charge in [-0.25, -0.2) is 0 Å². The van der Waals surface area contributed by atoms with Gasteiger partial charge in [0.05, 0.1) is 6.61 Å².